The maximum absolute atomic E-state index is 11.7. The average Bonchev–Trinajstić information content (AvgIpc) is 2.72. The molecule has 0 heterocycles. The summed E-state index contributed by atoms with van der Waals surface area (Å²) in [6, 6.07) is 19.8. The van der Waals surface area contributed by atoms with Crippen LogP contribution in [-0.4, -0.2) is 35.0 Å². The summed E-state index contributed by atoms with van der Waals surface area (Å²) in [7, 11) is 0. The predicted molar refractivity (Wildman–Crippen MR) is 119 cm³/mol. The first-order valence-corrected chi connectivity index (χ1v) is 9.75. The van der Waals surface area contributed by atoms with Gasteiger partial charge in [-0.05, 0) is 36.1 Å². The fourth-order valence-electron chi connectivity index (χ4n) is 2.67. The van der Waals surface area contributed by atoms with E-state index in [1.165, 1.54) is 0 Å². The zero-order valence-electron chi connectivity index (χ0n) is 16.2. The SMILES string of the molecule is [O-][N+](=CC=Cc1ccccc1)CCCCCC[N+]([O-])=CC=Cc1ccccc1. The van der Waals surface area contributed by atoms with Crippen molar-refractivity contribution in [3.05, 3.63) is 94.4 Å². The van der Waals surface area contributed by atoms with Gasteiger partial charge in [0.1, 0.15) is 0 Å². The van der Waals surface area contributed by atoms with Crippen LogP contribution < -0.4 is 0 Å². The maximum atomic E-state index is 11.7. The Labute approximate surface area is 167 Å². The first-order valence-electron chi connectivity index (χ1n) is 9.75. The summed E-state index contributed by atoms with van der Waals surface area (Å²) in [6.45, 7) is 0.957. The molecule has 28 heavy (non-hydrogen) atoms. The first-order chi connectivity index (χ1) is 13.7. The van der Waals surface area contributed by atoms with Crippen molar-refractivity contribution in [1.82, 2.24) is 0 Å². The number of allylic oxidation sites excluding steroid dienone is 2. The Morgan fingerprint density at radius 1 is 0.571 bits per heavy atom. The highest BCUT2D eigenvalue weighted by atomic mass is 16.5. The molecule has 0 radical (unpaired) electrons. The lowest BCUT2D eigenvalue weighted by molar-refractivity contribution is -0.454. The summed E-state index contributed by atoms with van der Waals surface area (Å²) in [4.78, 5) is 0. The first kappa shape index (κ1) is 21.2. The van der Waals surface area contributed by atoms with Crippen LogP contribution in [0.1, 0.15) is 36.8 Å². The standard InChI is InChI=1S/C24H28N2O2/c27-25(21-11-17-23-13-5-3-6-14-23)19-9-1-2-10-20-26(28)22-12-18-24-15-7-4-8-16-24/h3-8,11-18,21-22H,1-2,9-10,19-20H2. The van der Waals surface area contributed by atoms with E-state index >= 15 is 0 Å². The topological polar surface area (TPSA) is 52.1 Å². The third-order valence-electron chi connectivity index (χ3n) is 4.19. The minimum absolute atomic E-state index is 0.478. The molecule has 0 spiro atoms. The van der Waals surface area contributed by atoms with E-state index in [9.17, 15) is 10.4 Å². The normalized spacial score (nSPS) is 12.9. The van der Waals surface area contributed by atoms with Gasteiger partial charge in [-0.3, -0.25) is 0 Å². The Hall–Kier alpha value is -3.14. The molecule has 0 fully saturated rings. The second-order valence-electron chi connectivity index (χ2n) is 6.53. The minimum Gasteiger partial charge on any atom is -0.624 e. The highest BCUT2D eigenvalue weighted by molar-refractivity contribution is 5.75. The van der Waals surface area contributed by atoms with Gasteiger partial charge in [-0.25, -0.2) is 9.48 Å². The average molecular weight is 376 g/mol. The van der Waals surface area contributed by atoms with E-state index in [0.29, 0.717) is 13.1 Å². The van der Waals surface area contributed by atoms with E-state index in [0.717, 1.165) is 46.3 Å². The van der Waals surface area contributed by atoms with Crippen LogP contribution in [0, 0.1) is 10.4 Å². The van der Waals surface area contributed by atoms with Gasteiger partial charge in [0.15, 0.2) is 25.5 Å². The third-order valence-corrected chi connectivity index (χ3v) is 4.19. The molecule has 0 atom stereocenters. The molecule has 2 aromatic carbocycles. The highest BCUT2D eigenvalue weighted by Gasteiger charge is 1.97. The Morgan fingerprint density at radius 2 is 0.964 bits per heavy atom. The van der Waals surface area contributed by atoms with Crippen LogP contribution in [0.25, 0.3) is 12.2 Å². The Morgan fingerprint density at radius 3 is 1.36 bits per heavy atom. The molecule has 0 bridgehead atoms. The van der Waals surface area contributed by atoms with Crippen LogP contribution >= 0.6 is 0 Å². The minimum atomic E-state index is 0.478. The van der Waals surface area contributed by atoms with Gasteiger partial charge in [0.05, 0.1) is 0 Å². The Kier molecular flexibility index (Phi) is 9.90. The number of nitrogens with zero attached hydrogens (tertiary/aromatic N) is 2. The molecule has 4 nitrogen and oxygen atoms in total. The van der Waals surface area contributed by atoms with Crippen LogP contribution in [0.4, 0.5) is 0 Å². The van der Waals surface area contributed by atoms with Gasteiger partial charge < -0.3 is 10.4 Å². The molecular formula is C24H28N2O2. The summed E-state index contributed by atoms with van der Waals surface area (Å²) < 4.78 is 1.92. The van der Waals surface area contributed by atoms with Crippen molar-refractivity contribution in [2.75, 3.05) is 13.1 Å². The number of benzene rings is 2. The largest absolute Gasteiger partial charge is 0.624 e. The van der Waals surface area contributed by atoms with E-state index in [1.807, 2.05) is 72.8 Å². The third kappa shape index (κ3) is 9.53. The van der Waals surface area contributed by atoms with Crippen molar-refractivity contribution in [1.29, 1.82) is 0 Å². The Balaban J connectivity index is 1.56. The Bertz CT molecular complexity index is 724. The van der Waals surface area contributed by atoms with Crippen molar-refractivity contribution < 1.29 is 9.48 Å². The molecule has 0 saturated heterocycles. The van der Waals surface area contributed by atoms with Crippen LogP contribution in [0.15, 0.2) is 72.8 Å². The van der Waals surface area contributed by atoms with Gasteiger partial charge >= 0.3 is 0 Å². The second-order valence-corrected chi connectivity index (χ2v) is 6.53. The fourth-order valence-corrected chi connectivity index (χ4v) is 2.67. The van der Waals surface area contributed by atoms with Gasteiger partial charge in [0, 0.05) is 25.0 Å². The van der Waals surface area contributed by atoms with Crippen molar-refractivity contribution in [3.63, 3.8) is 0 Å². The second kappa shape index (κ2) is 13.1. The fraction of sp³-hybridized carbons (Fsp3) is 0.250. The number of hydroxylamine groups is 2. The number of hydrogen-bond donors (Lipinski definition) is 0. The summed E-state index contributed by atoms with van der Waals surface area (Å²) in [5.74, 6) is 0. The summed E-state index contributed by atoms with van der Waals surface area (Å²) in [5, 5.41) is 23.5. The number of hydrogen-bond acceptors (Lipinski definition) is 2. The lowest BCUT2D eigenvalue weighted by Crippen LogP contribution is -2.07. The van der Waals surface area contributed by atoms with Crippen LogP contribution in [-0.2, 0) is 0 Å². The molecule has 0 N–H and O–H groups in total. The quantitative estimate of drug-likeness (QED) is 0.179. The molecule has 0 aliphatic heterocycles. The molecular weight excluding hydrogens is 348 g/mol. The molecule has 4 heteroatoms. The van der Waals surface area contributed by atoms with Gasteiger partial charge in [-0.2, -0.15) is 0 Å². The molecule has 2 aromatic rings. The van der Waals surface area contributed by atoms with Crippen LogP contribution in [0.3, 0.4) is 0 Å². The van der Waals surface area contributed by atoms with E-state index in [-0.39, 0.29) is 0 Å². The summed E-state index contributed by atoms with van der Waals surface area (Å²) in [5.41, 5.74) is 2.15. The van der Waals surface area contributed by atoms with Crippen molar-refractivity contribution >= 4 is 24.6 Å². The lowest BCUT2D eigenvalue weighted by Gasteiger charge is -2.04. The van der Waals surface area contributed by atoms with Gasteiger partial charge in [0.2, 0.25) is 0 Å². The van der Waals surface area contributed by atoms with E-state index in [1.54, 1.807) is 24.6 Å². The van der Waals surface area contributed by atoms with Crippen molar-refractivity contribution in [2.24, 2.45) is 0 Å². The molecule has 146 valence electrons. The number of unbranched alkanes of at least 4 members (excludes halogenated alkanes) is 3. The van der Waals surface area contributed by atoms with Crippen LogP contribution in [0.5, 0.6) is 0 Å². The maximum Gasteiger partial charge on any atom is 0.174 e. The zero-order valence-corrected chi connectivity index (χ0v) is 16.2. The van der Waals surface area contributed by atoms with Gasteiger partial charge in [0.25, 0.3) is 0 Å². The molecule has 0 aliphatic rings. The van der Waals surface area contributed by atoms with Crippen molar-refractivity contribution in [2.45, 2.75) is 25.7 Å². The van der Waals surface area contributed by atoms with E-state index in [2.05, 4.69) is 0 Å². The smallest absolute Gasteiger partial charge is 0.174 e. The summed E-state index contributed by atoms with van der Waals surface area (Å²) >= 11 is 0. The molecule has 0 saturated carbocycles. The number of rotatable bonds is 11. The molecule has 0 aromatic heterocycles. The van der Waals surface area contributed by atoms with Gasteiger partial charge in [-0.15, -0.1) is 0 Å². The van der Waals surface area contributed by atoms with E-state index in [4.69, 9.17) is 0 Å². The highest BCUT2D eigenvalue weighted by Crippen LogP contribution is 2.02. The summed E-state index contributed by atoms with van der Waals surface area (Å²) in [6.07, 6.45) is 14.0. The monoisotopic (exact) mass is 376 g/mol. The predicted octanol–water partition coefficient (Wildman–Crippen LogP) is 5.14. The van der Waals surface area contributed by atoms with Gasteiger partial charge in [-0.1, -0.05) is 60.7 Å². The lowest BCUT2D eigenvalue weighted by atomic mass is 10.2. The molecule has 2 rings (SSSR count). The van der Waals surface area contributed by atoms with Crippen LogP contribution in [0.2, 0.25) is 0 Å². The molecule has 0 aliphatic carbocycles. The zero-order chi connectivity index (χ0) is 19.9. The van der Waals surface area contributed by atoms with E-state index < -0.39 is 0 Å². The molecule has 0 unspecified atom stereocenters. The molecule has 0 amide bonds. The van der Waals surface area contributed by atoms with Crippen molar-refractivity contribution in [3.8, 4) is 0 Å².